The summed E-state index contributed by atoms with van der Waals surface area (Å²) in [7, 11) is 0. The van der Waals surface area contributed by atoms with Crippen LogP contribution >= 0.6 is 0 Å². The number of aryl methyl sites for hydroxylation is 1. The molecule has 1 aliphatic carbocycles. The zero-order valence-electron chi connectivity index (χ0n) is 15.6. The Morgan fingerprint density at radius 3 is 2.77 bits per heavy atom. The van der Waals surface area contributed by atoms with Crippen LogP contribution in [0.4, 0.5) is 5.82 Å². The minimum atomic E-state index is 0.272. The van der Waals surface area contributed by atoms with Crippen molar-refractivity contribution in [2.24, 2.45) is 5.41 Å². The Morgan fingerprint density at radius 1 is 1.19 bits per heavy atom. The summed E-state index contributed by atoms with van der Waals surface area (Å²) < 4.78 is 1.74. The SMILES string of the molecule is Cc1cc(NCCN[C@H]2C[C@H](c3ccccc3)C2(C)C)n2ncnc2n1. The maximum atomic E-state index is 4.37. The van der Waals surface area contributed by atoms with Crippen molar-refractivity contribution >= 4 is 11.6 Å². The van der Waals surface area contributed by atoms with Crippen molar-refractivity contribution in [3.8, 4) is 0 Å². The summed E-state index contributed by atoms with van der Waals surface area (Å²) in [4.78, 5) is 8.53. The Labute approximate surface area is 154 Å². The summed E-state index contributed by atoms with van der Waals surface area (Å²) >= 11 is 0. The fourth-order valence-electron chi connectivity index (χ4n) is 4.02. The predicted molar refractivity (Wildman–Crippen MR) is 103 cm³/mol. The molecule has 0 radical (unpaired) electrons. The highest BCUT2D eigenvalue weighted by atomic mass is 15.3. The quantitative estimate of drug-likeness (QED) is 0.669. The van der Waals surface area contributed by atoms with Crippen molar-refractivity contribution in [3.05, 3.63) is 54.0 Å². The normalized spacial score (nSPS) is 21.5. The van der Waals surface area contributed by atoms with Crippen LogP contribution in [0.2, 0.25) is 0 Å². The van der Waals surface area contributed by atoms with Gasteiger partial charge in [0.15, 0.2) is 0 Å². The number of aromatic nitrogens is 4. The highest BCUT2D eigenvalue weighted by Gasteiger charge is 2.48. The maximum Gasteiger partial charge on any atom is 0.254 e. The molecule has 0 bridgehead atoms. The molecule has 0 unspecified atom stereocenters. The van der Waals surface area contributed by atoms with E-state index in [-0.39, 0.29) is 5.41 Å². The van der Waals surface area contributed by atoms with Crippen molar-refractivity contribution in [2.75, 3.05) is 18.4 Å². The van der Waals surface area contributed by atoms with Gasteiger partial charge >= 0.3 is 0 Å². The zero-order valence-corrected chi connectivity index (χ0v) is 15.6. The molecule has 1 saturated carbocycles. The van der Waals surface area contributed by atoms with Crippen LogP contribution in [-0.2, 0) is 0 Å². The zero-order chi connectivity index (χ0) is 18.1. The number of anilines is 1. The van der Waals surface area contributed by atoms with Gasteiger partial charge in [0.2, 0.25) is 0 Å². The van der Waals surface area contributed by atoms with E-state index in [1.165, 1.54) is 18.3 Å². The van der Waals surface area contributed by atoms with E-state index in [1.54, 1.807) is 4.52 Å². The van der Waals surface area contributed by atoms with E-state index in [0.29, 0.717) is 17.7 Å². The number of hydrogen-bond donors (Lipinski definition) is 2. The second-order valence-electron chi connectivity index (χ2n) is 7.71. The molecule has 0 saturated heterocycles. The Morgan fingerprint density at radius 2 is 2.00 bits per heavy atom. The lowest BCUT2D eigenvalue weighted by Crippen LogP contribution is -2.56. The lowest BCUT2D eigenvalue weighted by atomic mass is 9.56. The molecule has 1 fully saturated rings. The van der Waals surface area contributed by atoms with Gasteiger partial charge in [-0.05, 0) is 30.2 Å². The largest absolute Gasteiger partial charge is 0.369 e. The van der Waals surface area contributed by atoms with Crippen LogP contribution in [0.5, 0.6) is 0 Å². The first-order chi connectivity index (χ1) is 12.6. The molecule has 2 N–H and O–H groups in total. The van der Waals surface area contributed by atoms with Crippen LogP contribution in [0.15, 0.2) is 42.7 Å². The third-order valence-electron chi connectivity index (χ3n) is 5.67. The standard InChI is InChI=1S/C20H26N6/c1-14-11-18(26-19(25-14)23-13-24-26)22-10-9-21-17-12-16(20(17,2)3)15-7-5-4-6-8-15/h4-8,11,13,16-17,21-22H,9-10,12H2,1-3H3/t16-,17+/m1/s1. The minimum absolute atomic E-state index is 0.272. The summed E-state index contributed by atoms with van der Waals surface area (Å²) in [6.45, 7) is 8.45. The summed E-state index contributed by atoms with van der Waals surface area (Å²) in [5, 5.41) is 11.4. The number of benzene rings is 1. The van der Waals surface area contributed by atoms with Gasteiger partial charge in [-0.25, -0.2) is 4.98 Å². The number of fused-ring (bicyclic) bond motifs is 1. The highest BCUT2D eigenvalue weighted by Crippen LogP contribution is 2.52. The van der Waals surface area contributed by atoms with Gasteiger partial charge in [0.25, 0.3) is 5.78 Å². The van der Waals surface area contributed by atoms with Crippen LogP contribution in [0.25, 0.3) is 5.78 Å². The van der Waals surface area contributed by atoms with Crippen LogP contribution in [0.3, 0.4) is 0 Å². The molecule has 26 heavy (non-hydrogen) atoms. The first-order valence-electron chi connectivity index (χ1n) is 9.25. The molecule has 0 spiro atoms. The second kappa shape index (κ2) is 6.68. The fraction of sp³-hybridized carbons (Fsp3) is 0.450. The average molecular weight is 350 g/mol. The van der Waals surface area contributed by atoms with E-state index in [1.807, 2.05) is 13.0 Å². The molecular weight excluding hydrogens is 324 g/mol. The number of rotatable bonds is 6. The summed E-state index contributed by atoms with van der Waals surface area (Å²) in [6, 6.07) is 13.4. The minimum Gasteiger partial charge on any atom is -0.369 e. The van der Waals surface area contributed by atoms with E-state index >= 15 is 0 Å². The monoisotopic (exact) mass is 350 g/mol. The Bertz CT molecular complexity index is 886. The smallest absolute Gasteiger partial charge is 0.254 e. The van der Waals surface area contributed by atoms with Crippen LogP contribution in [0, 0.1) is 12.3 Å². The van der Waals surface area contributed by atoms with E-state index in [0.717, 1.165) is 24.6 Å². The third kappa shape index (κ3) is 3.05. The fourth-order valence-corrected chi connectivity index (χ4v) is 4.02. The lowest BCUT2D eigenvalue weighted by molar-refractivity contribution is 0.0703. The third-order valence-corrected chi connectivity index (χ3v) is 5.67. The summed E-state index contributed by atoms with van der Waals surface area (Å²) in [6.07, 6.45) is 2.73. The Balaban J connectivity index is 1.31. The van der Waals surface area contributed by atoms with Crippen molar-refractivity contribution in [1.29, 1.82) is 0 Å². The molecule has 136 valence electrons. The summed E-state index contributed by atoms with van der Waals surface area (Å²) in [5.74, 6) is 2.19. The van der Waals surface area contributed by atoms with Crippen molar-refractivity contribution < 1.29 is 0 Å². The Hall–Kier alpha value is -2.47. The summed E-state index contributed by atoms with van der Waals surface area (Å²) in [5.41, 5.74) is 2.66. The topological polar surface area (TPSA) is 67.1 Å². The van der Waals surface area contributed by atoms with Gasteiger partial charge in [-0.3, -0.25) is 0 Å². The van der Waals surface area contributed by atoms with Gasteiger partial charge < -0.3 is 10.6 Å². The molecule has 1 aromatic carbocycles. The molecule has 4 rings (SSSR count). The van der Waals surface area contributed by atoms with E-state index in [9.17, 15) is 0 Å². The number of hydrogen-bond acceptors (Lipinski definition) is 5. The molecule has 0 amide bonds. The lowest BCUT2D eigenvalue weighted by Gasteiger charge is -2.53. The van der Waals surface area contributed by atoms with Crippen molar-refractivity contribution in [2.45, 2.75) is 39.2 Å². The molecule has 2 atom stereocenters. The van der Waals surface area contributed by atoms with Crippen LogP contribution in [-0.4, -0.2) is 38.7 Å². The van der Waals surface area contributed by atoms with Gasteiger partial charge in [0.1, 0.15) is 12.1 Å². The van der Waals surface area contributed by atoms with Crippen molar-refractivity contribution in [1.82, 2.24) is 24.9 Å². The molecular formula is C20H26N6. The molecule has 6 nitrogen and oxygen atoms in total. The van der Waals surface area contributed by atoms with Gasteiger partial charge in [0, 0.05) is 30.9 Å². The number of nitrogens with one attached hydrogen (secondary N) is 2. The molecule has 1 aliphatic rings. The van der Waals surface area contributed by atoms with E-state index < -0.39 is 0 Å². The van der Waals surface area contributed by atoms with Gasteiger partial charge in [0.05, 0.1) is 0 Å². The van der Waals surface area contributed by atoms with Crippen LogP contribution < -0.4 is 10.6 Å². The van der Waals surface area contributed by atoms with Gasteiger partial charge in [-0.2, -0.15) is 14.6 Å². The van der Waals surface area contributed by atoms with Crippen molar-refractivity contribution in [3.63, 3.8) is 0 Å². The van der Waals surface area contributed by atoms with E-state index in [4.69, 9.17) is 0 Å². The first kappa shape index (κ1) is 17.0. The van der Waals surface area contributed by atoms with E-state index in [2.05, 4.69) is 69.9 Å². The first-order valence-corrected chi connectivity index (χ1v) is 9.25. The number of nitrogens with zero attached hydrogens (tertiary/aromatic N) is 4. The maximum absolute atomic E-state index is 4.37. The van der Waals surface area contributed by atoms with Gasteiger partial charge in [-0.1, -0.05) is 44.2 Å². The predicted octanol–water partition coefficient (Wildman–Crippen LogP) is 3.02. The molecule has 6 heteroatoms. The molecule has 0 aliphatic heterocycles. The molecule has 2 heterocycles. The van der Waals surface area contributed by atoms with Gasteiger partial charge in [-0.15, -0.1) is 0 Å². The van der Waals surface area contributed by atoms with Crippen LogP contribution in [0.1, 0.15) is 37.4 Å². The average Bonchev–Trinajstić information content (AvgIpc) is 3.09. The Kier molecular flexibility index (Phi) is 4.36. The molecule has 2 aromatic heterocycles. The second-order valence-corrected chi connectivity index (χ2v) is 7.71. The highest BCUT2D eigenvalue weighted by molar-refractivity contribution is 5.44. The molecule has 3 aromatic rings.